The quantitative estimate of drug-likeness (QED) is 0.523. The van der Waals surface area contributed by atoms with Crippen LogP contribution in [0.15, 0.2) is 85.2 Å². The summed E-state index contributed by atoms with van der Waals surface area (Å²) in [5.41, 5.74) is 3.37. The lowest BCUT2D eigenvalue weighted by Crippen LogP contribution is -2.42. The van der Waals surface area contributed by atoms with Crippen molar-refractivity contribution in [3.05, 3.63) is 102 Å². The summed E-state index contributed by atoms with van der Waals surface area (Å²) < 4.78 is 9.42. The highest BCUT2D eigenvalue weighted by molar-refractivity contribution is 5.95. The van der Waals surface area contributed by atoms with Crippen LogP contribution >= 0.6 is 0 Å². The minimum Gasteiger partial charge on any atom is -0.493 e. The monoisotopic (exact) mass is 398 g/mol. The molecule has 6 nitrogen and oxygen atoms in total. The highest BCUT2D eigenvalue weighted by Crippen LogP contribution is 2.34. The molecule has 0 aliphatic carbocycles. The molecule has 0 saturated carbocycles. The topological polar surface area (TPSA) is 52.3 Å². The van der Waals surface area contributed by atoms with E-state index in [1.807, 2.05) is 59.5 Å². The average molecular weight is 398 g/mol. The largest absolute Gasteiger partial charge is 0.493 e. The maximum absolute atomic E-state index is 13.7. The molecule has 2 aromatic heterocycles. The molecule has 1 unspecified atom stereocenters. The first-order valence-electron chi connectivity index (χ1n) is 9.96. The summed E-state index contributed by atoms with van der Waals surface area (Å²) in [4.78, 5) is 15.6. The first kappa shape index (κ1) is 18.2. The summed E-state index contributed by atoms with van der Waals surface area (Å²) in [6.07, 6.45) is 3.82. The van der Waals surface area contributed by atoms with Gasteiger partial charge in [-0.1, -0.05) is 48.5 Å². The molecule has 1 aliphatic rings. The number of fused-ring (bicyclic) bond motifs is 1. The van der Waals surface area contributed by atoms with Gasteiger partial charge in [0.15, 0.2) is 11.4 Å². The van der Waals surface area contributed by atoms with E-state index < -0.39 is 0 Å². The van der Waals surface area contributed by atoms with Crippen LogP contribution in [0.25, 0.3) is 5.69 Å². The first-order chi connectivity index (χ1) is 14.8. The minimum absolute atomic E-state index is 0.136. The van der Waals surface area contributed by atoms with Gasteiger partial charge in [-0.3, -0.25) is 4.79 Å². The normalized spacial score (nSPS) is 15.6. The van der Waals surface area contributed by atoms with Crippen molar-refractivity contribution in [2.24, 2.45) is 0 Å². The SMILES string of the molecule is COc1cn(-c2ccccc2)nc1C(=O)N1CCn2cccc2C1c1ccccc1. The van der Waals surface area contributed by atoms with E-state index in [-0.39, 0.29) is 11.9 Å². The lowest BCUT2D eigenvalue weighted by Gasteiger charge is -2.37. The number of hydrogen-bond acceptors (Lipinski definition) is 3. The molecule has 1 atom stereocenters. The Bertz CT molecular complexity index is 1160. The van der Waals surface area contributed by atoms with Gasteiger partial charge in [-0.15, -0.1) is 0 Å². The molecular weight excluding hydrogens is 376 g/mol. The number of ether oxygens (including phenoxy) is 1. The van der Waals surface area contributed by atoms with Crippen LogP contribution in [0.4, 0.5) is 0 Å². The van der Waals surface area contributed by atoms with E-state index in [0.717, 1.165) is 23.5 Å². The zero-order chi connectivity index (χ0) is 20.5. The summed E-state index contributed by atoms with van der Waals surface area (Å²) in [5.74, 6) is 0.333. The Hall–Kier alpha value is -3.80. The van der Waals surface area contributed by atoms with E-state index in [1.165, 1.54) is 0 Å². The summed E-state index contributed by atoms with van der Waals surface area (Å²) in [6, 6.07) is 23.8. The summed E-state index contributed by atoms with van der Waals surface area (Å²) in [5, 5.41) is 4.59. The second-order valence-electron chi connectivity index (χ2n) is 7.26. The Morgan fingerprint density at radius 1 is 0.967 bits per heavy atom. The summed E-state index contributed by atoms with van der Waals surface area (Å²) in [6.45, 7) is 1.35. The van der Waals surface area contributed by atoms with E-state index >= 15 is 0 Å². The molecule has 150 valence electrons. The van der Waals surface area contributed by atoms with Gasteiger partial charge in [-0.2, -0.15) is 5.10 Å². The molecule has 0 saturated heterocycles. The molecule has 6 heteroatoms. The molecule has 0 spiro atoms. The van der Waals surface area contributed by atoms with E-state index in [9.17, 15) is 4.79 Å². The van der Waals surface area contributed by atoms with Crippen molar-refractivity contribution in [3.8, 4) is 11.4 Å². The maximum atomic E-state index is 13.7. The van der Waals surface area contributed by atoms with Gasteiger partial charge in [0.25, 0.3) is 5.91 Å². The van der Waals surface area contributed by atoms with Gasteiger partial charge < -0.3 is 14.2 Å². The number of aromatic nitrogens is 3. The molecule has 1 aliphatic heterocycles. The van der Waals surface area contributed by atoms with Crippen LogP contribution in [0.1, 0.15) is 27.8 Å². The molecule has 0 radical (unpaired) electrons. The molecule has 3 heterocycles. The van der Waals surface area contributed by atoms with Crippen molar-refractivity contribution in [3.63, 3.8) is 0 Å². The van der Waals surface area contributed by atoms with Crippen LogP contribution < -0.4 is 4.74 Å². The number of para-hydroxylation sites is 1. The van der Waals surface area contributed by atoms with E-state index in [0.29, 0.717) is 18.0 Å². The second-order valence-corrected chi connectivity index (χ2v) is 7.26. The van der Waals surface area contributed by atoms with Gasteiger partial charge in [0, 0.05) is 25.0 Å². The van der Waals surface area contributed by atoms with Gasteiger partial charge in [0.1, 0.15) is 0 Å². The van der Waals surface area contributed by atoms with Crippen LogP contribution in [0.5, 0.6) is 5.75 Å². The molecule has 1 amide bonds. The van der Waals surface area contributed by atoms with Crippen molar-refractivity contribution in [1.82, 2.24) is 19.2 Å². The van der Waals surface area contributed by atoms with E-state index in [1.54, 1.807) is 18.0 Å². The minimum atomic E-state index is -0.172. The summed E-state index contributed by atoms with van der Waals surface area (Å²) >= 11 is 0. The van der Waals surface area contributed by atoms with Gasteiger partial charge in [0.2, 0.25) is 0 Å². The first-order valence-corrected chi connectivity index (χ1v) is 9.96. The molecule has 30 heavy (non-hydrogen) atoms. The maximum Gasteiger partial charge on any atom is 0.279 e. The van der Waals surface area contributed by atoms with Gasteiger partial charge in [-0.25, -0.2) is 4.68 Å². The highest BCUT2D eigenvalue weighted by atomic mass is 16.5. The van der Waals surface area contributed by atoms with Crippen LogP contribution in [0.2, 0.25) is 0 Å². The Labute approximate surface area is 174 Å². The third kappa shape index (κ3) is 3.06. The molecule has 4 aromatic rings. The van der Waals surface area contributed by atoms with Crippen molar-refractivity contribution < 1.29 is 9.53 Å². The Morgan fingerprint density at radius 3 is 2.43 bits per heavy atom. The Kier molecular flexibility index (Phi) is 4.59. The zero-order valence-corrected chi connectivity index (χ0v) is 16.7. The number of rotatable bonds is 4. The van der Waals surface area contributed by atoms with Crippen molar-refractivity contribution in [2.75, 3.05) is 13.7 Å². The Balaban J connectivity index is 1.56. The van der Waals surface area contributed by atoms with Crippen LogP contribution in [0.3, 0.4) is 0 Å². The molecule has 0 N–H and O–H groups in total. The Morgan fingerprint density at radius 2 is 1.70 bits per heavy atom. The highest BCUT2D eigenvalue weighted by Gasteiger charge is 2.35. The fourth-order valence-electron chi connectivity index (χ4n) is 4.09. The van der Waals surface area contributed by atoms with Crippen molar-refractivity contribution in [1.29, 1.82) is 0 Å². The van der Waals surface area contributed by atoms with Crippen LogP contribution in [0, 0.1) is 0 Å². The number of benzene rings is 2. The van der Waals surface area contributed by atoms with Crippen molar-refractivity contribution in [2.45, 2.75) is 12.6 Å². The fraction of sp³-hybridized carbons (Fsp3) is 0.167. The number of carbonyl (C=O) groups excluding carboxylic acids is 1. The second kappa shape index (κ2) is 7.55. The third-order valence-electron chi connectivity index (χ3n) is 5.54. The number of hydrogen-bond donors (Lipinski definition) is 0. The van der Waals surface area contributed by atoms with Crippen LogP contribution in [-0.2, 0) is 6.54 Å². The molecule has 0 bridgehead atoms. The smallest absolute Gasteiger partial charge is 0.279 e. The van der Waals surface area contributed by atoms with E-state index in [4.69, 9.17) is 4.74 Å². The van der Waals surface area contributed by atoms with Gasteiger partial charge >= 0.3 is 0 Å². The standard InChI is InChI=1S/C24H22N4O2/c1-30-21-17-28(19-11-6-3-7-12-19)25-22(21)24(29)27-16-15-26-14-8-13-20(26)23(27)18-9-4-2-5-10-18/h2-14,17,23H,15-16H2,1H3. The lowest BCUT2D eigenvalue weighted by molar-refractivity contribution is 0.0654. The number of carbonyl (C=O) groups is 1. The molecule has 0 fully saturated rings. The van der Waals surface area contributed by atoms with Gasteiger partial charge in [-0.05, 0) is 29.8 Å². The van der Waals surface area contributed by atoms with Crippen LogP contribution in [-0.4, -0.2) is 38.8 Å². The third-order valence-corrected chi connectivity index (χ3v) is 5.54. The number of methoxy groups -OCH3 is 1. The lowest BCUT2D eigenvalue weighted by atomic mass is 9.99. The predicted molar refractivity (Wildman–Crippen MR) is 114 cm³/mol. The zero-order valence-electron chi connectivity index (χ0n) is 16.7. The number of nitrogens with zero attached hydrogens (tertiary/aromatic N) is 4. The number of amides is 1. The van der Waals surface area contributed by atoms with E-state index in [2.05, 4.69) is 34.1 Å². The fourth-order valence-corrected chi connectivity index (χ4v) is 4.09. The molecule has 2 aromatic carbocycles. The summed E-state index contributed by atoms with van der Waals surface area (Å²) in [7, 11) is 1.57. The van der Waals surface area contributed by atoms with Gasteiger partial charge in [0.05, 0.1) is 25.0 Å². The molecular formula is C24H22N4O2. The average Bonchev–Trinajstić information content (AvgIpc) is 3.46. The predicted octanol–water partition coefficient (Wildman–Crippen LogP) is 3.93. The molecule has 5 rings (SSSR count). The van der Waals surface area contributed by atoms with Crippen molar-refractivity contribution >= 4 is 5.91 Å².